The Labute approximate surface area is 356 Å². The number of unbranched alkanes of at least 4 members (excludes halogenated alkanes) is 32. The van der Waals surface area contributed by atoms with E-state index in [1.54, 1.807) is 6.08 Å². The molecule has 9 heteroatoms. The van der Waals surface area contributed by atoms with Crippen molar-refractivity contribution in [3.05, 3.63) is 12.2 Å². The van der Waals surface area contributed by atoms with Crippen LogP contribution in [0.5, 0.6) is 0 Å². The van der Waals surface area contributed by atoms with Gasteiger partial charge in [0.05, 0.1) is 25.4 Å². The average molecular weight is 826 g/mol. The van der Waals surface area contributed by atoms with Crippen LogP contribution >= 0.6 is 0 Å². The monoisotopic (exact) mass is 826 g/mol. The van der Waals surface area contributed by atoms with Gasteiger partial charge in [-0.25, -0.2) is 0 Å². The molecule has 0 aromatic heterocycles. The molecule has 0 aromatic carbocycles. The molecular formula is C49H95NO8. The lowest BCUT2D eigenvalue weighted by atomic mass is 9.99. The highest BCUT2D eigenvalue weighted by Gasteiger charge is 2.44. The molecule has 0 saturated carbocycles. The standard InChI is InChI=1S/C49H95NO8/c1-3-5-7-9-10-11-12-13-14-15-16-17-18-19-20-21-22-23-24-25-26-27-28-29-30-31-32-33-34-35-37-39-45(53)50-42(43(52)38-36-8-6-4-2)41-57-49-48(56)47(55)46(54)44(40-51)58-49/h36,38,42-44,46-49,51-52,54-56H,3-35,37,39-41H2,1-2H3,(H,50,53)/b38-36+. The van der Waals surface area contributed by atoms with E-state index in [4.69, 9.17) is 9.47 Å². The minimum Gasteiger partial charge on any atom is -0.394 e. The van der Waals surface area contributed by atoms with Gasteiger partial charge in [-0.15, -0.1) is 0 Å². The molecule has 1 amide bonds. The second-order valence-corrected chi connectivity index (χ2v) is 17.6. The van der Waals surface area contributed by atoms with Crippen molar-refractivity contribution in [1.29, 1.82) is 0 Å². The number of aliphatic hydroxyl groups excluding tert-OH is 5. The zero-order chi connectivity index (χ0) is 42.3. The van der Waals surface area contributed by atoms with Gasteiger partial charge >= 0.3 is 0 Å². The highest BCUT2D eigenvalue weighted by atomic mass is 16.7. The van der Waals surface area contributed by atoms with Gasteiger partial charge in [0.15, 0.2) is 6.29 Å². The van der Waals surface area contributed by atoms with Crippen LogP contribution < -0.4 is 5.32 Å². The molecule has 1 fully saturated rings. The predicted molar refractivity (Wildman–Crippen MR) is 240 cm³/mol. The van der Waals surface area contributed by atoms with Gasteiger partial charge in [-0.1, -0.05) is 231 Å². The normalized spacial score (nSPS) is 20.8. The Morgan fingerprint density at radius 3 is 1.33 bits per heavy atom. The van der Waals surface area contributed by atoms with Crippen molar-refractivity contribution in [3.63, 3.8) is 0 Å². The van der Waals surface area contributed by atoms with Crippen molar-refractivity contribution in [2.75, 3.05) is 13.2 Å². The third-order valence-corrected chi connectivity index (χ3v) is 12.1. The molecule has 1 rings (SSSR count). The van der Waals surface area contributed by atoms with Gasteiger partial charge < -0.3 is 40.3 Å². The van der Waals surface area contributed by atoms with Crippen LogP contribution in [0.1, 0.15) is 239 Å². The second kappa shape index (κ2) is 40.0. The first-order valence-corrected chi connectivity index (χ1v) is 24.9. The number of aliphatic hydroxyl groups is 5. The predicted octanol–water partition coefficient (Wildman–Crippen LogP) is 10.9. The molecule has 7 atom stereocenters. The van der Waals surface area contributed by atoms with E-state index in [0.29, 0.717) is 6.42 Å². The van der Waals surface area contributed by atoms with Gasteiger partial charge in [-0.3, -0.25) is 4.79 Å². The number of allylic oxidation sites excluding steroid dienone is 1. The first-order chi connectivity index (χ1) is 28.3. The molecule has 0 bridgehead atoms. The van der Waals surface area contributed by atoms with Crippen molar-refractivity contribution in [2.45, 2.75) is 281 Å². The maximum absolute atomic E-state index is 12.8. The van der Waals surface area contributed by atoms with Crippen molar-refractivity contribution in [1.82, 2.24) is 5.32 Å². The number of hydrogen-bond acceptors (Lipinski definition) is 8. The van der Waals surface area contributed by atoms with Gasteiger partial charge in [0.25, 0.3) is 0 Å². The number of ether oxygens (including phenoxy) is 2. The third-order valence-electron chi connectivity index (χ3n) is 12.1. The summed E-state index contributed by atoms with van der Waals surface area (Å²) in [5.74, 6) is -0.182. The molecule has 0 spiro atoms. The molecule has 0 aliphatic carbocycles. The smallest absolute Gasteiger partial charge is 0.220 e. The number of carbonyl (C=O) groups excluding carboxylic acids is 1. The quantitative estimate of drug-likeness (QED) is 0.0263. The van der Waals surface area contributed by atoms with E-state index in [2.05, 4.69) is 19.2 Å². The fourth-order valence-corrected chi connectivity index (χ4v) is 8.09. The highest BCUT2D eigenvalue weighted by Crippen LogP contribution is 2.23. The van der Waals surface area contributed by atoms with E-state index >= 15 is 0 Å². The van der Waals surface area contributed by atoms with Crippen LogP contribution in [-0.2, 0) is 14.3 Å². The average Bonchev–Trinajstić information content (AvgIpc) is 3.22. The van der Waals surface area contributed by atoms with Crippen LogP contribution in [-0.4, -0.2) is 87.5 Å². The Morgan fingerprint density at radius 2 is 0.948 bits per heavy atom. The van der Waals surface area contributed by atoms with E-state index in [1.807, 2.05) is 6.08 Å². The maximum Gasteiger partial charge on any atom is 0.220 e. The van der Waals surface area contributed by atoms with Crippen molar-refractivity contribution in [3.8, 4) is 0 Å². The van der Waals surface area contributed by atoms with Crippen LogP contribution in [0.4, 0.5) is 0 Å². The van der Waals surface area contributed by atoms with Crippen molar-refractivity contribution >= 4 is 5.91 Å². The summed E-state index contributed by atoms with van der Waals surface area (Å²) in [6.07, 6.45) is 40.9. The Bertz CT molecular complexity index is 919. The van der Waals surface area contributed by atoms with Gasteiger partial charge in [-0.2, -0.15) is 0 Å². The van der Waals surface area contributed by atoms with E-state index < -0.39 is 49.5 Å². The molecule has 7 unspecified atom stereocenters. The van der Waals surface area contributed by atoms with E-state index in [-0.39, 0.29) is 12.5 Å². The van der Waals surface area contributed by atoms with E-state index in [9.17, 15) is 30.3 Å². The summed E-state index contributed by atoms with van der Waals surface area (Å²) < 4.78 is 11.1. The molecule has 1 aliphatic rings. The van der Waals surface area contributed by atoms with Gasteiger partial charge in [0, 0.05) is 6.42 Å². The topological polar surface area (TPSA) is 149 Å². The number of nitrogens with one attached hydrogen (secondary N) is 1. The van der Waals surface area contributed by atoms with Crippen LogP contribution in [0.2, 0.25) is 0 Å². The minimum absolute atomic E-state index is 0.182. The minimum atomic E-state index is -1.56. The zero-order valence-electron chi connectivity index (χ0n) is 37.8. The molecule has 344 valence electrons. The second-order valence-electron chi connectivity index (χ2n) is 17.6. The molecule has 6 N–H and O–H groups in total. The first kappa shape index (κ1) is 54.9. The SMILES string of the molecule is CCCC/C=C/C(O)C(COC1OC(CO)C(O)C(O)C1O)NC(=O)CCCCCCCCCCCCCCCCCCCCCCCCCCCCCCCCC. The molecule has 0 aromatic rings. The van der Waals surface area contributed by atoms with Crippen LogP contribution in [0.3, 0.4) is 0 Å². The lowest BCUT2D eigenvalue weighted by Crippen LogP contribution is -2.60. The third kappa shape index (κ3) is 30.0. The largest absolute Gasteiger partial charge is 0.394 e. The summed E-state index contributed by atoms with van der Waals surface area (Å²) in [4.78, 5) is 12.8. The summed E-state index contributed by atoms with van der Waals surface area (Å²) in [6.45, 7) is 3.64. The van der Waals surface area contributed by atoms with Crippen molar-refractivity contribution < 1.29 is 39.8 Å². The Hall–Kier alpha value is -1.07. The number of amides is 1. The lowest BCUT2D eigenvalue weighted by molar-refractivity contribution is -0.302. The number of carbonyl (C=O) groups is 1. The molecule has 1 saturated heterocycles. The molecule has 9 nitrogen and oxygen atoms in total. The Morgan fingerprint density at radius 1 is 0.569 bits per heavy atom. The number of rotatable bonds is 42. The fourth-order valence-electron chi connectivity index (χ4n) is 8.09. The summed E-state index contributed by atoms with van der Waals surface area (Å²) in [6, 6.07) is -0.795. The summed E-state index contributed by atoms with van der Waals surface area (Å²) in [7, 11) is 0. The van der Waals surface area contributed by atoms with Gasteiger partial charge in [-0.05, 0) is 12.8 Å². The first-order valence-electron chi connectivity index (χ1n) is 24.9. The van der Waals surface area contributed by atoms with E-state index in [1.165, 1.54) is 180 Å². The highest BCUT2D eigenvalue weighted by molar-refractivity contribution is 5.76. The summed E-state index contributed by atoms with van der Waals surface area (Å²) in [5.41, 5.74) is 0. The van der Waals surface area contributed by atoms with Crippen LogP contribution in [0, 0.1) is 0 Å². The lowest BCUT2D eigenvalue weighted by Gasteiger charge is -2.40. The van der Waals surface area contributed by atoms with Gasteiger partial charge in [0.1, 0.15) is 24.4 Å². The van der Waals surface area contributed by atoms with Crippen LogP contribution in [0.15, 0.2) is 12.2 Å². The molecule has 1 heterocycles. The van der Waals surface area contributed by atoms with Crippen LogP contribution in [0.25, 0.3) is 0 Å². The summed E-state index contributed by atoms with van der Waals surface area (Å²) in [5, 5.41) is 53.6. The van der Waals surface area contributed by atoms with Crippen molar-refractivity contribution in [2.24, 2.45) is 0 Å². The number of hydrogen-bond donors (Lipinski definition) is 6. The Balaban J connectivity index is 1.98. The Kier molecular flexibility index (Phi) is 37.9. The fraction of sp³-hybridized carbons (Fsp3) is 0.939. The molecule has 0 radical (unpaired) electrons. The van der Waals surface area contributed by atoms with Gasteiger partial charge in [0.2, 0.25) is 5.91 Å². The van der Waals surface area contributed by atoms with E-state index in [0.717, 1.165) is 38.5 Å². The molecule has 58 heavy (non-hydrogen) atoms. The maximum atomic E-state index is 12.8. The zero-order valence-corrected chi connectivity index (χ0v) is 37.8. The molecule has 1 aliphatic heterocycles. The summed E-state index contributed by atoms with van der Waals surface area (Å²) >= 11 is 0. The molecular weight excluding hydrogens is 731 g/mol.